The SMILES string of the molecule is CCc1nc(N)cc(N(C)c2ccc(OC)cc2)n1. The van der Waals surface area contributed by atoms with Crippen molar-refractivity contribution in [1.82, 2.24) is 9.97 Å². The number of nitrogen functional groups attached to an aromatic ring is 1. The van der Waals surface area contributed by atoms with Gasteiger partial charge in [-0.15, -0.1) is 0 Å². The maximum atomic E-state index is 5.80. The molecule has 19 heavy (non-hydrogen) atoms. The second kappa shape index (κ2) is 5.56. The number of aromatic nitrogens is 2. The molecule has 5 nitrogen and oxygen atoms in total. The van der Waals surface area contributed by atoms with Crippen molar-refractivity contribution in [3.05, 3.63) is 36.2 Å². The Kier molecular flexibility index (Phi) is 3.85. The lowest BCUT2D eigenvalue weighted by Crippen LogP contribution is -2.13. The van der Waals surface area contributed by atoms with E-state index in [-0.39, 0.29) is 0 Å². The molecule has 2 aromatic rings. The van der Waals surface area contributed by atoms with Crippen LogP contribution in [-0.2, 0) is 6.42 Å². The first kappa shape index (κ1) is 13.1. The van der Waals surface area contributed by atoms with Crippen molar-refractivity contribution < 1.29 is 4.74 Å². The third-order valence-electron chi connectivity index (χ3n) is 2.90. The number of hydrogen-bond acceptors (Lipinski definition) is 5. The molecule has 0 aliphatic heterocycles. The molecule has 0 atom stereocenters. The second-order valence-electron chi connectivity index (χ2n) is 4.18. The molecule has 0 radical (unpaired) electrons. The highest BCUT2D eigenvalue weighted by Gasteiger charge is 2.08. The summed E-state index contributed by atoms with van der Waals surface area (Å²) >= 11 is 0. The van der Waals surface area contributed by atoms with Crippen LogP contribution in [0, 0.1) is 0 Å². The summed E-state index contributed by atoms with van der Waals surface area (Å²) in [6.07, 6.45) is 0.758. The standard InChI is InChI=1S/C14H18N4O/c1-4-13-16-12(15)9-14(17-13)18(2)10-5-7-11(19-3)8-6-10/h5-9H,4H2,1-3H3,(H2,15,16,17). The Morgan fingerprint density at radius 1 is 1.21 bits per heavy atom. The quantitative estimate of drug-likeness (QED) is 0.912. The smallest absolute Gasteiger partial charge is 0.138 e. The summed E-state index contributed by atoms with van der Waals surface area (Å²) in [7, 11) is 3.60. The number of anilines is 3. The van der Waals surface area contributed by atoms with Gasteiger partial charge in [0, 0.05) is 25.2 Å². The van der Waals surface area contributed by atoms with E-state index in [1.54, 1.807) is 13.2 Å². The van der Waals surface area contributed by atoms with E-state index in [9.17, 15) is 0 Å². The van der Waals surface area contributed by atoms with Gasteiger partial charge in [0.05, 0.1) is 7.11 Å². The molecule has 0 saturated heterocycles. The van der Waals surface area contributed by atoms with Crippen LogP contribution in [0.15, 0.2) is 30.3 Å². The Morgan fingerprint density at radius 3 is 2.47 bits per heavy atom. The van der Waals surface area contributed by atoms with Crippen LogP contribution in [0.1, 0.15) is 12.7 Å². The number of rotatable bonds is 4. The summed E-state index contributed by atoms with van der Waals surface area (Å²) in [5.41, 5.74) is 6.81. The summed E-state index contributed by atoms with van der Waals surface area (Å²) in [6.45, 7) is 2.01. The van der Waals surface area contributed by atoms with E-state index in [4.69, 9.17) is 10.5 Å². The Morgan fingerprint density at radius 2 is 1.89 bits per heavy atom. The van der Waals surface area contributed by atoms with Crippen molar-refractivity contribution in [3.8, 4) is 5.75 Å². The molecule has 0 aliphatic rings. The van der Waals surface area contributed by atoms with Gasteiger partial charge in [0.2, 0.25) is 0 Å². The number of ether oxygens (including phenoxy) is 1. The van der Waals surface area contributed by atoms with Crippen LogP contribution in [0.5, 0.6) is 5.75 Å². The highest BCUT2D eigenvalue weighted by Crippen LogP contribution is 2.25. The van der Waals surface area contributed by atoms with E-state index in [1.807, 2.05) is 43.1 Å². The summed E-state index contributed by atoms with van der Waals surface area (Å²) < 4.78 is 5.15. The number of nitrogens with zero attached hydrogens (tertiary/aromatic N) is 3. The Bertz CT molecular complexity index is 554. The maximum absolute atomic E-state index is 5.80. The van der Waals surface area contributed by atoms with Crippen molar-refractivity contribution in [2.24, 2.45) is 0 Å². The van der Waals surface area contributed by atoms with E-state index in [0.717, 1.165) is 29.5 Å². The predicted octanol–water partition coefficient (Wildman–Crippen LogP) is 2.40. The zero-order valence-electron chi connectivity index (χ0n) is 11.4. The van der Waals surface area contributed by atoms with E-state index >= 15 is 0 Å². The summed E-state index contributed by atoms with van der Waals surface area (Å²) in [5, 5.41) is 0. The van der Waals surface area contributed by atoms with Gasteiger partial charge in [-0.05, 0) is 24.3 Å². The zero-order chi connectivity index (χ0) is 13.8. The van der Waals surface area contributed by atoms with Crippen molar-refractivity contribution in [3.63, 3.8) is 0 Å². The zero-order valence-corrected chi connectivity index (χ0v) is 11.4. The normalized spacial score (nSPS) is 10.3. The lowest BCUT2D eigenvalue weighted by atomic mass is 10.2. The molecule has 2 rings (SSSR count). The van der Waals surface area contributed by atoms with Gasteiger partial charge in [0.15, 0.2) is 0 Å². The molecule has 1 aromatic carbocycles. The Hall–Kier alpha value is -2.30. The fourth-order valence-electron chi connectivity index (χ4n) is 1.77. The molecular weight excluding hydrogens is 240 g/mol. The minimum Gasteiger partial charge on any atom is -0.497 e. The summed E-state index contributed by atoms with van der Waals surface area (Å²) in [6, 6.07) is 9.54. The number of methoxy groups -OCH3 is 1. The number of aryl methyl sites for hydroxylation is 1. The van der Waals surface area contributed by atoms with Crippen LogP contribution in [0.2, 0.25) is 0 Å². The second-order valence-corrected chi connectivity index (χ2v) is 4.18. The Labute approximate surface area is 113 Å². The van der Waals surface area contributed by atoms with Gasteiger partial charge < -0.3 is 15.4 Å². The topological polar surface area (TPSA) is 64.3 Å². The van der Waals surface area contributed by atoms with Gasteiger partial charge in [-0.1, -0.05) is 6.92 Å². The minimum atomic E-state index is 0.488. The van der Waals surface area contributed by atoms with E-state index in [1.165, 1.54) is 0 Å². The molecule has 2 N–H and O–H groups in total. The molecular formula is C14H18N4O. The number of hydrogen-bond donors (Lipinski definition) is 1. The first-order valence-corrected chi connectivity index (χ1v) is 6.15. The fourth-order valence-corrected chi connectivity index (χ4v) is 1.77. The van der Waals surface area contributed by atoms with Crippen LogP contribution < -0.4 is 15.4 Å². The van der Waals surface area contributed by atoms with E-state index in [2.05, 4.69) is 9.97 Å². The van der Waals surface area contributed by atoms with E-state index in [0.29, 0.717) is 5.82 Å². The fraction of sp³-hybridized carbons (Fsp3) is 0.286. The minimum absolute atomic E-state index is 0.488. The average molecular weight is 258 g/mol. The summed E-state index contributed by atoms with van der Waals surface area (Å²) in [5.74, 6) is 2.85. The van der Waals surface area contributed by atoms with Crippen LogP contribution in [0.25, 0.3) is 0 Å². The molecule has 0 aliphatic carbocycles. The van der Waals surface area contributed by atoms with Crippen LogP contribution >= 0.6 is 0 Å². The van der Waals surface area contributed by atoms with Gasteiger partial charge in [0.25, 0.3) is 0 Å². The van der Waals surface area contributed by atoms with Crippen molar-refractivity contribution in [1.29, 1.82) is 0 Å². The van der Waals surface area contributed by atoms with Gasteiger partial charge in [-0.3, -0.25) is 0 Å². The molecule has 5 heteroatoms. The lowest BCUT2D eigenvalue weighted by molar-refractivity contribution is 0.415. The first-order valence-electron chi connectivity index (χ1n) is 6.15. The highest BCUT2D eigenvalue weighted by atomic mass is 16.5. The molecule has 100 valence electrons. The number of nitrogens with two attached hydrogens (primary N) is 1. The molecule has 0 bridgehead atoms. The number of benzene rings is 1. The lowest BCUT2D eigenvalue weighted by Gasteiger charge is -2.19. The van der Waals surface area contributed by atoms with Gasteiger partial charge in [0.1, 0.15) is 23.2 Å². The molecule has 0 fully saturated rings. The van der Waals surface area contributed by atoms with Gasteiger partial charge in [-0.25, -0.2) is 9.97 Å². The average Bonchev–Trinajstić information content (AvgIpc) is 2.46. The molecule has 0 amide bonds. The van der Waals surface area contributed by atoms with Crippen molar-refractivity contribution in [2.45, 2.75) is 13.3 Å². The van der Waals surface area contributed by atoms with E-state index < -0.39 is 0 Å². The summed E-state index contributed by atoms with van der Waals surface area (Å²) in [4.78, 5) is 10.6. The van der Waals surface area contributed by atoms with Gasteiger partial charge in [-0.2, -0.15) is 0 Å². The van der Waals surface area contributed by atoms with Crippen molar-refractivity contribution >= 4 is 17.3 Å². The molecule has 0 spiro atoms. The largest absolute Gasteiger partial charge is 0.497 e. The Balaban J connectivity index is 2.31. The van der Waals surface area contributed by atoms with Crippen molar-refractivity contribution in [2.75, 3.05) is 24.8 Å². The van der Waals surface area contributed by atoms with Crippen LogP contribution in [-0.4, -0.2) is 24.1 Å². The van der Waals surface area contributed by atoms with Crippen LogP contribution in [0.4, 0.5) is 17.3 Å². The van der Waals surface area contributed by atoms with Crippen LogP contribution in [0.3, 0.4) is 0 Å². The monoisotopic (exact) mass is 258 g/mol. The third kappa shape index (κ3) is 2.93. The first-order chi connectivity index (χ1) is 9.13. The van der Waals surface area contributed by atoms with Gasteiger partial charge >= 0.3 is 0 Å². The predicted molar refractivity (Wildman–Crippen MR) is 76.9 cm³/mol. The maximum Gasteiger partial charge on any atom is 0.138 e. The molecule has 0 saturated carbocycles. The molecule has 0 unspecified atom stereocenters. The molecule has 1 aromatic heterocycles. The molecule has 1 heterocycles. The highest BCUT2D eigenvalue weighted by molar-refractivity contribution is 5.61. The third-order valence-corrected chi connectivity index (χ3v) is 2.90.